The molecule has 0 amide bonds. The van der Waals surface area contributed by atoms with Crippen LogP contribution in [0.15, 0.2) is 24.3 Å². The van der Waals surface area contributed by atoms with Crippen molar-refractivity contribution in [3.8, 4) is 5.75 Å². The number of para-hydroxylation sites is 1. The summed E-state index contributed by atoms with van der Waals surface area (Å²) in [4.78, 5) is 0. The van der Waals surface area contributed by atoms with Crippen molar-refractivity contribution in [2.24, 2.45) is 0 Å². The largest absolute Gasteiger partial charge is 0.493 e. The van der Waals surface area contributed by atoms with Gasteiger partial charge >= 0.3 is 0 Å². The number of benzene rings is 1. The molecular formula is C9H11O4S. The van der Waals surface area contributed by atoms with Crippen LogP contribution in [0.4, 0.5) is 0 Å². The van der Waals surface area contributed by atoms with Crippen LogP contribution in [0.2, 0.25) is 0 Å². The Morgan fingerprint density at radius 1 is 1.43 bits per heavy atom. The van der Waals surface area contributed by atoms with Gasteiger partial charge in [-0.25, -0.2) is 0 Å². The van der Waals surface area contributed by atoms with Gasteiger partial charge in [0.15, 0.2) is 0 Å². The van der Waals surface area contributed by atoms with Crippen LogP contribution < -0.4 is 4.74 Å². The van der Waals surface area contributed by atoms with E-state index in [1.165, 1.54) is 0 Å². The van der Waals surface area contributed by atoms with E-state index in [0.29, 0.717) is 5.75 Å². The number of ether oxygens (including phenoxy) is 1. The molecule has 1 aromatic carbocycles. The van der Waals surface area contributed by atoms with E-state index in [2.05, 4.69) is 6.07 Å². The normalized spacial score (nSPS) is 11.2. The Morgan fingerprint density at radius 3 is 2.79 bits per heavy atom. The maximum absolute atomic E-state index is 10.3. The molecule has 0 fully saturated rings. The van der Waals surface area contributed by atoms with Crippen LogP contribution in [0.1, 0.15) is 6.42 Å². The standard InChI is InChI=1S/C9H11O4S/c10-14(11,12)8-4-7-13-9-5-2-1-3-6-9/h1-3,5H,4,7-8H2,(H,10,11,12). The summed E-state index contributed by atoms with van der Waals surface area (Å²) in [6, 6.07) is 9.88. The third-order valence-electron chi connectivity index (χ3n) is 1.48. The average Bonchev–Trinajstić information content (AvgIpc) is 2.13. The van der Waals surface area contributed by atoms with E-state index in [4.69, 9.17) is 9.29 Å². The monoisotopic (exact) mass is 215 g/mol. The highest BCUT2D eigenvalue weighted by molar-refractivity contribution is 7.85. The average molecular weight is 215 g/mol. The van der Waals surface area contributed by atoms with Crippen molar-refractivity contribution in [2.75, 3.05) is 12.4 Å². The van der Waals surface area contributed by atoms with Gasteiger partial charge in [-0.1, -0.05) is 18.2 Å². The van der Waals surface area contributed by atoms with Crippen LogP contribution in [0.25, 0.3) is 0 Å². The highest BCUT2D eigenvalue weighted by Gasteiger charge is 2.03. The summed E-state index contributed by atoms with van der Waals surface area (Å²) in [5.74, 6) is 0.294. The van der Waals surface area contributed by atoms with Gasteiger partial charge in [0, 0.05) is 6.07 Å². The Balaban J connectivity index is 2.23. The van der Waals surface area contributed by atoms with E-state index in [0.717, 1.165) is 0 Å². The Morgan fingerprint density at radius 2 is 2.21 bits per heavy atom. The third kappa shape index (κ3) is 4.84. The SMILES string of the molecule is O=S(=O)(O)CCCOc1[c]cccc1. The van der Waals surface area contributed by atoms with Crippen LogP contribution in [0.3, 0.4) is 0 Å². The highest BCUT2D eigenvalue weighted by Crippen LogP contribution is 2.07. The lowest BCUT2D eigenvalue weighted by Gasteiger charge is -2.03. The summed E-state index contributed by atoms with van der Waals surface area (Å²) in [5.41, 5.74) is 0. The number of hydrogen-bond acceptors (Lipinski definition) is 3. The van der Waals surface area contributed by atoms with Crippen molar-refractivity contribution in [3.63, 3.8) is 0 Å². The topological polar surface area (TPSA) is 63.6 Å². The lowest BCUT2D eigenvalue weighted by Crippen LogP contribution is -2.08. The fraction of sp³-hybridized carbons (Fsp3) is 0.333. The van der Waals surface area contributed by atoms with Crippen LogP contribution >= 0.6 is 0 Å². The zero-order chi connectivity index (χ0) is 10.4. The molecule has 0 aliphatic carbocycles. The third-order valence-corrected chi connectivity index (χ3v) is 2.29. The predicted octanol–water partition coefficient (Wildman–Crippen LogP) is 1.14. The Bertz CT molecular complexity index is 358. The van der Waals surface area contributed by atoms with Gasteiger partial charge in [-0.15, -0.1) is 0 Å². The summed E-state index contributed by atoms with van der Waals surface area (Å²) in [6.45, 7) is 0.250. The molecule has 0 saturated carbocycles. The summed E-state index contributed by atoms with van der Waals surface area (Å²) in [7, 11) is -3.87. The lowest BCUT2D eigenvalue weighted by molar-refractivity contribution is 0.315. The molecule has 0 heterocycles. The minimum atomic E-state index is -3.87. The molecule has 0 unspecified atom stereocenters. The first-order valence-corrected chi connectivity index (χ1v) is 5.73. The molecule has 1 radical (unpaired) electrons. The van der Waals surface area contributed by atoms with E-state index in [1.807, 2.05) is 6.07 Å². The molecule has 77 valence electrons. The molecule has 0 atom stereocenters. The van der Waals surface area contributed by atoms with Crippen molar-refractivity contribution in [1.82, 2.24) is 0 Å². The lowest BCUT2D eigenvalue weighted by atomic mass is 10.3. The van der Waals surface area contributed by atoms with E-state index in [1.54, 1.807) is 18.2 Å². The van der Waals surface area contributed by atoms with E-state index >= 15 is 0 Å². The first kappa shape index (κ1) is 11.0. The summed E-state index contributed by atoms with van der Waals surface area (Å²) in [6.07, 6.45) is 0.265. The first-order chi connectivity index (χ1) is 6.58. The zero-order valence-electron chi connectivity index (χ0n) is 7.51. The molecule has 5 heteroatoms. The van der Waals surface area contributed by atoms with E-state index in [9.17, 15) is 8.42 Å². The summed E-state index contributed by atoms with van der Waals surface area (Å²) >= 11 is 0. The second kappa shape index (κ2) is 4.97. The van der Waals surface area contributed by atoms with Gasteiger partial charge < -0.3 is 4.74 Å². The van der Waals surface area contributed by atoms with Crippen molar-refractivity contribution in [3.05, 3.63) is 30.3 Å². The predicted molar refractivity (Wildman–Crippen MR) is 51.8 cm³/mol. The molecule has 1 rings (SSSR count). The maximum Gasteiger partial charge on any atom is 0.264 e. The molecule has 14 heavy (non-hydrogen) atoms. The van der Waals surface area contributed by atoms with Gasteiger partial charge in [0.1, 0.15) is 5.75 Å². The first-order valence-electron chi connectivity index (χ1n) is 4.12. The van der Waals surface area contributed by atoms with Gasteiger partial charge in [-0.05, 0) is 12.5 Å². The van der Waals surface area contributed by atoms with Gasteiger partial charge in [0.05, 0.1) is 12.4 Å². The smallest absolute Gasteiger partial charge is 0.264 e. The van der Waals surface area contributed by atoms with E-state index in [-0.39, 0.29) is 18.8 Å². The minimum Gasteiger partial charge on any atom is -0.493 e. The second-order valence-electron chi connectivity index (χ2n) is 2.71. The fourth-order valence-corrected chi connectivity index (χ4v) is 1.37. The molecule has 0 saturated heterocycles. The Hall–Kier alpha value is -1.07. The number of hydrogen-bond donors (Lipinski definition) is 1. The number of rotatable bonds is 5. The van der Waals surface area contributed by atoms with Crippen LogP contribution in [-0.4, -0.2) is 25.3 Å². The zero-order valence-corrected chi connectivity index (χ0v) is 8.33. The fourth-order valence-electron chi connectivity index (χ4n) is 0.890. The van der Waals surface area contributed by atoms with Gasteiger partial charge in [-0.2, -0.15) is 8.42 Å². The molecule has 0 spiro atoms. The molecule has 0 aliphatic heterocycles. The second-order valence-corrected chi connectivity index (χ2v) is 4.29. The van der Waals surface area contributed by atoms with Crippen molar-refractivity contribution >= 4 is 10.1 Å². The minimum absolute atomic E-state index is 0.250. The molecule has 4 nitrogen and oxygen atoms in total. The van der Waals surface area contributed by atoms with Gasteiger partial charge in [0.2, 0.25) is 0 Å². The van der Waals surface area contributed by atoms with E-state index < -0.39 is 10.1 Å². The summed E-state index contributed by atoms with van der Waals surface area (Å²) in [5, 5.41) is 0. The van der Waals surface area contributed by atoms with Gasteiger partial charge in [-0.3, -0.25) is 4.55 Å². The molecular weight excluding hydrogens is 204 g/mol. The molecule has 0 aromatic heterocycles. The van der Waals surface area contributed by atoms with Crippen molar-refractivity contribution < 1.29 is 17.7 Å². The highest BCUT2D eigenvalue weighted by atomic mass is 32.2. The molecule has 1 N–H and O–H groups in total. The molecule has 0 bridgehead atoms. The molecule has 0 aliphatic rings. The Kier molecular flexibility index (Phi) is 3.91. The van der Waals surface area contributed by atoms with Crippen LogP contribution in [-0.2, 0) is 10.1 Å². The van der Waals surface area contributed by atoms with Crippen molar-refractivity contribution in [1.29, 1.82) is 0 Å². The molecule has 1 aromatic rings. The van der Waals surface area contributed by atoms with Crippen molar-refractivity contribution in [2.45, 2.75) is 6.42 Å². The quantitative estimate of drug-likeness (QED) is 0.591. The van der Waals surface area contributed by atoms with Gasteiger partial charge in [0.25, 0.3) is 10.1 Å². The van der Waals surface area contributed by atoms with Crippen LogP contribution in [0, 0.1) is 6.07 Å². The maximum atomic E-state index is 10.3. The summed E-state index contributed by atoms with van der Waals surface area (Å²) < 4.78 is 34.3. The van der Waals surface area contributed by atoms with Crippen LogP contribution in [0.5, 0.6) is 5.75 Å². The Labute approximate surface area is 83.3 Å².